The van der Waals surface area contributed by atoms with E-state index in [1.54, 1.807) is 0 Å². The van der Waals surface area contributed by atoms with E-state index in [4.69, 9.17) is 11.5 Å². The molecule has 0 spiro atoms. The number of nitrogens with two attached hydrogens (primary N) is 2. The molecule has 1 heterocycles. The highest BCUT2D eigenvalue weighted by Gasteiger charge is 2.08. The first-order chi connectivity index (χ1) is 6.93. The van der Waals surface area contributed by atoms with Crippen molar-refractivity contribution < 1.29 is 0 Å². The van der Waals surface area contributed by atoms with Crippen LogP contribution in [0.3, 0.4) is 0 Å². The number of nitrogens with zero attached hydrogens (tertiary/aromatic N) is 1. The minimum absolute atomic E-state index is 0.0457. The number of rotatable bonds is 3. The summed E-state index contributed by atoms with van der Waals surface area (Å²) >= 11 is 0. The maximum Gasteiger partial charge on any atom is 0.330 e. The van der Waals surface area contributed by atoms with Crippen molar-refractivity contribution in [1.82, 2.24) is 9.55 Å². The highest BCUT2D eigenvalue weighted by molar-refractivity contribution is 5.56. The van der Waals surface area contributed by atoms with Crippen LogP contribution in [0.4, 0.5) is 11.5 Å². The number of H-pyrrole nitrogens is 1. The highest BCUT2D eigenvalue weighted by atomic mass is 16.2. The summed E-state index contributed by atoms with van der Waals surface area (Å²) in [6.07, 6.45) is 0.801. The SMILES string of the molecule is CC(C)CCn1c(N)c(N)c(=O)[nH]c1=O. The van der Waals surface area contributed by atoms with Crippen LogP contribution in [-0.2, 0) is 6.54 Å². The number of aromatic amines is 1. The van der Waals surface area contributed by atoms with Crippen molar-refractivity contribution in [2.45, 2.75) is 26.8 Å². The summed E-state index contributed by atoms with van der Waals surface area (Å²) in [5.41, 5.74) is 9.79. The second kappa shape index (κ2) is 4.20. The molecule has 0 unspecified atom stereocenters. The van der Waals surface area contributed by atoms with Gasteiger partial charge in [0.2, 0.25) is 0 Å². The van der Waals surface area contributed by atoms with Crippen LogP contribution >= 0.6 is 0 Å². The largest absolute Gasteiger partial charge is 0.391 e. The molecule has 1 rings (SSSR count). The van der Waals surface area contributed by atoms with Crippen molar-refractivity contribution >= 4 is 11.5 Å². The Labute approximate surface area is 86.9 Å². The summed E-state index contributed by atoms with van der Waals surface area (Å²) in [5, 5.41) is 0. The van der Waals surface area contributed by atoms with Crippen LogP contribution in [0, 0.1) is 5.92 Å². The molecular weight excluding hydrogens is 196 g/mol. The van der Waals surface area contributed by atoms with Gasteiger partial charge < -0.3 is 11.5 Å². The summed E-state index contributed by atoms with van der Waals surface area (Å²) in [7, 11) is 0. The highest BCUT2D eigenvalue weighted by Crippen LogP contribution is 2.08. The van der Waals surface area contributed by atoms with Gasteiger partial charge in [-0.05, 0) is 12.3 Å². The van der Waals surface area contributed by atoms with Gasteiger partial charge in [0.05, 0.1) is 0 Å². The molecule has 1 aromatic rings. The molecule has 0 amide bonds. The average molecular weight is 212 g/mol. The van der Waals surface area contributed by atoms with Gasteiger partial charge >= 0.3 is 5.69 Å². The molecule has 0 atom stereocenters. The normalized spacial score (nSPS) is 10.9. The molecule has 6 nitrogen and oxygen atoms in total. The van der Waals surface area contributed by atoms with Gasteiger partial charge in [-0.3, -0.25) is 14.3 Å². The first-order valence-electron chi connectivity index (χ1n) is 4.81. The predicted molar refractivity (Wildman–Crippen MR) is 59.6 cm³/mol. The third kappa shape index (κ3) is 2.39. The minimum Gasteiger partial charge on any atom is -0.391 e. The van der Waals surface area contributed by atoms with E-state index in [1.807, 2.05) is 13.8 Å². The maximum atomic E-state index is 11.4. The second-order valence-electron chi connectivity index (χ2n) is 3.89. The van der Waals surface area contributed by atoms with Gasteiger partial charge in [0.25, 0.3) is 5.56 Å². The fraction of sp³-hybridized carbons (Fsp3) is 0.556. The molecule has 0 aliphatic carbocycles. The lowest BCUT2D eigenvalue weighted by atomic mass is 10.1. The van der Waals surface area contributed by atoms with Crippen molar-refractivity contribution in [3.63, 3.8) is 0 Å². The van der Waals surface area contributed by atoms with Crippen LogP contribution in [0.2, 0.25) is 0 Å². The van der Waals surface area contributed by atoms with Gasteiger partial charge in [0.1, 0.15) is 11.5 Å². The molecule has 84 valence electrons. The van der Waals surface area contributed by atoms with E-state index in [9.17, 15) is 9.59 Å². The molecule has 15 heavy (non-hydrogen) atoms. The molecule has 6 heteroatoms. The smallest absolute Gasteiger partial charge is 0.330 e. The van der Waals surface area contributed by atoms with E-state index in [-0.39, 0.29) is 11.5 Å². The molecule has 5 N–H and O–H groups in total. The summed E-state index contributed by atoms with van der Waals surface area (Å²) in [5.74, 6) is 0.494. The van der Waals surface area contributed by atoms with Crippen molar-refractivity contribution in [3.8, 4) is 0 Å². The summed E-state index contributed by atoms with van der Waals surface area (Å²) < 4.78 is 1.29. The molecule has 0 bridgehead atoms. The zero-order valence-electron chi connectivity index (χ0n) is 8.91. The Kier molecular flexibility index (Phi) is 3.18. The minimum atomic E-state index is -0.627. The molecule has 0 saturated carbocycles. The van der Waals surface area contributed by atoms with Gasteiger partial charge in [0, 0.05) is 6.54 Å². The molecule has 0 saturated heterocycles. The Morgan fingerprint density at radius 2 is 1.93 bits per heavy atom. The van der Waals surface area contributed by atoms with Crippen LogP contribution in [0.1, 0.15) is 20.3 Å². The number of hydrogen-bond donors (Lipinski definition) is 3. The quantitative estimate of drug-likeness (QED) is 0.642. The number of hydrogen-bond acceptors (Lipinski definition) is 4. The third-order valence-corrected chi connectivity index (χ3v) is 2.21. The summed E-state index contributed by atoms with van der Waals surface area (Å²) in [6, 6.07) is 0. The molecule has 1 aromatic heterocycles. The van der Waals surface area contributed by atoms with Crippen LogP contribution in [0.25, 0.3) is 0 Å². The number of nitrogens with one attached hydrogen (secondary N) is 1. The molecule has 0 aliphatic rings. The number of nitrogen functional groups attached to an aromatic ring is 2. The van der Waals surface area contributed by atoms with Crippen LogP contribution in [-0.4, -0.2) is 9.55 Å². The van der Waals surface area contributed by atoms with Crippen molar-refractivity contribution in [3.05, 3.63) is 20.8 Å². The second-order valence-corrected chi connectivity index (χ2v) is 3.89. The fourth-order valence-electron chi connectivity index (χ4n) is 1.21. The number of aromatic nitrogens is 2. The van der Waals surface area contributed by atoms with E-state index in [0.29, 0.717) is 12.5 Å². The topological polar surface area (TPSA) is 107 Å². The Balaban J connectivity index is 3.13. The molecule has 0 fully saturated rings. The van der Waals surface area contributed by atoms with Gasteiger partial charge in [-0.15, -0.1) is 0 Å². The van der Waals surface area contributed by atoms with Crippen LogP contribution in [0.15, 0.2) is 9.59 Å². The lowest BCUT2D eigenvalue weighted by Crippen LogP contribution is -2.34. The molecule has 0 aromatic carbocycles. The van der Waals surface area contributed by atoms with Gasteiger partial charge in [0.15, 0.2) is 0 Å². The molecular formula is C9H16N4O2. The Morgan fingerprint density at radius 3 is 2.47 bits per heavy atom. The van der Waals surface area contributed by atoms with Crippen LogP contribution < -0.4 is 22.7 Å². The van der Waals surface area contributed by atoms with E-state index in [2.05, 4.69) is 4.98 Å². The standard InChI is InChI=1S/C9H16N4O2/c1-5(2)3-4-13-7(11)6(10)8(14)12-9(13)15/h5H,3-4,10-11H2,1-2H3,(H,12,14,15). The first-order valence-corrected chi connectivity index (χ1v) is 4.81. The van der Waals surface area contributed by atoms with E-state index < -0.39 is 11.2 Å². The monoisotopic (exact) mass is 212 g/mol. The Morgan fingerprint density at radius 1 is 1.33 bits per heavy atom. The summed E-state index contributed by atoms with van der Waals surface area (Å²) in [6.45, 7) is 4.54. The molecule has 0 aliphatic heterocycles. The van der Waals surface area contributed by atoms with E-state index in [1.165, 1.54) is 4.57 Å². The van der Waals surface area contributed by atoms with Gasteiger partial charge in [-0.25, -0.2) is 4.79 Å². The average Bonchev–Trinajstić information content (AvgIpc) is 2.14. The lowest BCUT2D eigenvalue weighted by molar-refractivity contribution is 0.506. The molecule has 0 radical (unpaired) electrons. The van der Waals surface area contributed by atoms with Gasteiger partial charge in [-0.2, -0.15) is 0 Å². The Hall–Kier alpha value is -1.72. The van der Waals surface area contributed by atoms with Crippen molar-refractivity contribution in [2.75, 3.05) is 11.5 Å². The van der Waals surface area contributed by atoms with Crippen LogP contribution in [0.5, 0.6) is 0 Å². The third-order valence-electron chi connectivity index (χ3n) is 2.21. The lowest BCUT2D eigenvalue weighted by Gasteiger charge is -2.11. The van der Waals surface area contributed by atoms with E-state index in [0.717, 1.165) is 6.42 Å². The summed E-state index contributed by atoms with van der Waals surface area (Å²) in [4.78, 5) is 24.6. The van der Waals surface area contributed by atoms with Gasteiger partial charge in [-0.1, -0.05) is 13.8 Å². The van der Waals surface area contributed by atoms with Crippen molar-refractivity contribution in [1.29, 1.82) is 0 Å². The van der Waals surface area contributed by atoms with E-state index >= 15 is 0 Å². The predicted octanol–water partition coefficient (Wildman–Crippen LogP) is -0.253. The Bertz CT molecular complexity index is 458. The zero-order valence-corrected chi connectivity index (χ0v) is 8.91. The fourth-order valence-corrected chi connectivity index (χ4v) is 1.21. The number of anilines is 2. The zero-order chi connectivity index (χ0) is 11.6. The van der Waals surface area contributed by atoms with Crippen molar-refractivity contribution in [2.24, 2.45) is 5.92 Å². The maximum absolute atomic E-state index is 11.4. The first kappa shape index (κ1) is 11.4.